The van der Waals surface area contributed by atoms with Gasteiger partial charge in [0.1, 0.15) is 5.82 Å². The highest BCUT2D eigenvalue weighted by Gasteiger charge is 2.21. The van der Waals surface area contributed by atoms with Gasteiger partial charge in [0.05, 0.1) is 28.5 Å². The summed E-state index contributed by atoms with van der Waals surface area (Å²) in [6.45, 7) is 3.33. The van der Waals surface area contributed by atoms with E-state index in [-0.39, 0.29) is 16.5 Å². The number of rotatable bonds is 7. The molecule has 204 valence electrons. The second kappa shape index (κ2) is 13.0. The van der Waals surface area contributed by atoms with Crippen LogP contribution in [0.2, 0.25) is 5.02 Å². The topological polar surface area (TPSA) is 93.8 Å². The van der Waals surface area contributed by atoms with E-state index in [1.807, 2.05) is 0 Å². The minimum atomic E-state index is -0.618. The number of likely N-dealkylation sites (tertiary alicyclic amines) is 1. The van der Waals surface area contributed by atoms with Gasteiger partial charge in [0, 0.05) is 17.4 Å². The Morgan fingerprint density at radius 1 is 1.00 bits per heavy atom. The fourth-order valence-electron chi connectivity index (χ4n) is 4.28. The van der Waals surface area contributed by atoms with E-state index in [4.69, 9.17) is 11.6 Å². The van der Waals surface area contributed by atoms with Crippen LogP contribution in [-0.4, -0.2) is 41.9 Å². The lowest BCUT2D eigenvalue weighted by atomic mass is 10.0. The summed E-state index contributed by atoms with van der Waals surface area (Å²) < 4.78 is 14.9. The van der Waals surface area contributed by atoms with Crippen LogP contribution in [0.15, 0.2) is 66.7 Å². The standard InChI is InChI=1S/C28H29ClFN5O3S/c1-18-6-4-5-15-34(18)17-26(36)33-25-14-11-20(16-23(25)29)32-28(38)35(39)21-12-9-19(10-13-21)31-27(37)22-7-2-3-8-24(22)30/h2-3,7-14,16,18,39H,4-6,15,17H2,1H3,(H,31,37)(H,32,38)(H,33,36). The maximum Gasteiger partial charge on any atom is 0.336 e. The first-order chi connectivity index (χ1) is 18.7. The molecule has 1 unspecified atom stereocenters. The van der Waals surface area contributed by atoms with Crippen molar-refractivity contribution < 1.29 is 18.8 Å². The van der Waals surface area contributed by atoms with Gasteiger partial charge in [-0.1, -0.05) is 43.0 Å². The van der Waals surface area contributed by atoms with E-state index in [9.17, 15) is 18.8 Å². The SMILES string of the molecule is CC1CCCCN1CC(=O)Nc1ccc(NC(=O)N(S)c2ccc(NC(=O)c3ccccc3F)cc2)cc1Cl. The highest BCUT2D eigenvalue weighted by atomic mass is 35.5. The Hall–Kier alpha value is -3.60. The summed E-state index contributed by atoms with van der Waals surface area (Å²) in [7, 11) is 0. The molecule has 0 radical (unpaired) electrons. The van der Waals surface area contributed by atoms with E-state index < -0.39 is 17.8 Å². The normalized spacial score (nSPS) is 15.3. The number of benzene rings is 3. The molecule has 1 aliphatic rings. The molecule has 1 fully saturated rings. The van der Waals surface area contributed by atoms with Crippen molar-refractivity contribution in [1.82, 2.24) is 4.90 Å². The largest absolute Gasteiger partial charge is 0.336 e. The number of hydrogen-bond donors (Lipinski definition) is 4. The molecule has 1 aliphatic heterocycles. The molecule has 11 heteroatoms. The van der Waals surface area contributed by atoms with Gasteiger partial charge in [-0.05, 0) is 80.9 Å². The van der Waals surface area contributed by atoms with E-state index in [1.54, 1.807) is 48.5 Å². The molecule has 3 aromatic carbocycles. The Morgan fingerprint density at radius 2 is 1.72 bits per heavy atom. The summed E-state index contributed by atoms with van der Waals surface area (Å²) >= 11 is 10.6. The van der Waals surface area contributed by atoms with Crippen molar-refractivity contribution in [1.29, 1.82) is 0 Å². The van der Waals surface area contributed by atoms with E-state index in [2.05, 4.69) is 40.6 Å². The number of nitrogens with one attached hydrogen (secondary N) is 3. The van der Waals surface area contributed by atoms with Crippen LogP contribution in [0, 0.1) is 5.82 Å². The molecule has 0 aliphatic carbocycles. The zero-order valence-electron chi connectivity index (χ0n) is 21.3. The number of urea groups is 1. The number of piperidine rings is 1. The molecule has 0 spiro atoms. The summed E-state index contributed by atoms with van der Waals surface area (Å²) in [6.07, 6.45) is 3.36. The average Bonchev–Trinajstić information content (AvgIpc) is 2.91. The lowest BCUT2D eigenvalue weighted by Crippen LogP contribution is -2.42. The van der Waals surface area contributed by atoms with Crippen LogP contribution < -0.4 is 20.3 Å². The first-order valence-corrected chi connectivity index (χ1v) is 13.3. The third-order valence-corrected chi connectivity index (χ3v) is 7.19. The quantitative estimate of drug-likeness (QED) is 0.247. The summed E-state index contributed by atoms with van der Waals surface area (Å²) in [4.78, 5) is 39.7. The molecule has 3 N–H and O–H groups in total. The summed E-state index contributed by atoms with van der Waals surface area (Å²) in [5.41, 5.74) is 1.66. The summed E-state index contributed by atoms with van der Waals surface area (Å²) in [5.74, 6) is -1.34. The van der Waals surface area contributed by atoms with Gasteiger partial charge in [-0.2, -0.15) is 0 Å². The molecule has 8 nitrogen and oxygen atoms in total. The molecular weight excluding hydrogens is 541 g/mol. The molecule has 4 amide bonds. The van der Waals surface area contributed by atoms with Crippen LogP contribution in [0.25, 0.3) is 0 Å². The number of halogens is 2. The monoisotopic (exact) mass is 569 g/mol. The van der Waals surface area contributed by atoms with Gasteiger partial charge in [-0.15, -0.1) is 0 Å². The third-order valence-electron chi connectivity index (χ3n) is 6.46. The average molecular weight is 570 g/mol. The van der Waals surface area contributed by atoms with Gasteiger partial charge in [-0.3, -0.25) is 14.5 Å². The number of anilines is 4. The molecule has 1 saturated heterocycles. The summed E-state index contributed by atoms with van der Waals surface area (Å²) in [5, 5.41) is 8.44. The van der Waals surface area contributed by atoms with Crippen LogP contribution in [0.3, 0.4) is 0 Å². The smallest absolute Gasteiger partial charge is 0.324 e. The number of carbonyl (C=O) groups is 3. The second-order valence-electron chi connectivity index (χ2n) is 9.28. The van der Waals surface area contributed by atoms with Crippen molar-refractivity contribution >= 4 is 65.0 Å². The second-order valence-corrected chi connectivity index (χ2v) is 10.1. The minimum absolute atomic E-state index is 0.0716. The van der Waals surface area contributed by atoms with Gasteiger partial charge < -0.3 is 16.0 Å². The molecule has 0 bridgehead atoms. The van der Waals surface area contributed by atoms with Crippen molar-refractivity contribution in [2.45, 2.75) is 32.2 Å². The van der Waals surface area contributed by atoms with Crippen LogP contribution in [0.4, 0.5) is 31.9 Å². The molecule has 0 saturated carbocycles. The molecule has 0 aromatic heterocycles. The molecule has 39 heavy (non-hydrogen) atoms. The molecule has 1 heterocycles. The zero-order valence-corrected chi connectivity index (χ0v) is 22.9. The Kier molecular flexibility index (Phi) is 9.45. The third kappa shape index (κ3) is 7.50. The molecule has 1 atom stereocenters. The number of carbonyl (C=O) groups excluding carboxylic acids is 3. The summed E-state index contributed by atoms with van der Waals surface area (Å²) in [6, 6.07) is 16.6. The van der Waals surface area contributed by atoms with Crippen molar-refractivity contribution in [3.63, 3.8) is 0 Å². The number of nitrogens with zero attached hydrogens (tertiary/aromatic N) is 2. The minimum Gasteiger partial charge on any atom is -0.324 e. The van der Waals surface area contributed by atoms with Crippen molar-refractivity contribution in [2.24, 2.45) is 0 Å². The highest BCUT2D eigenvalue weighted by molar-refractivity contribution is 7.82. The van der Waals surface area contributed by atoms with Crippen LogP contribution >= 0.6 is 24.4 Å². The van der Waals surface area contributed by atoms with E-state index in [0.29, 0.717) is 35.3 Å². The van der Waals surface area contributed by atoms with E-state index >= 15 is 0 Å². The lowest BCUT2D eigenvalue weighted by molar-refractivity contribution is -0.118. The highest BCUT2D eigenvalue weighted by Crippen LogP contribution is 2.27. The van der Waals surface area contributed by atoms with Crippen LogP contribution in [-0.2, 0) is 4.79 Å². The van der Waals surface area contributed by atoms with Crippen molar-refractivity contribution in [3.05, 3.63) is 83.1 Å². The Morgan fingerprint density at radius 3 is 2.41 bits per heavy atom. The van der Waals surface area contributed by atoms with Gasteiger partial charge >= 0.3 is 6.03 Å². The number of amides is 4. The number of thiol groups is 1. The van der Waals surface area contributed by atoms with Gasteiger partial charge in [0.25, 0.3) is 5.91 Å². The predicted molar refractivity (Wildman–Crippen MR) is 156 cm³/mol. The Labute approximate surface area is 237 Å². The maximum atomic E-state index is 13.8. The molecule has 4 rings (SSSR count). The lowest BCUT2D eigenvalue weighted by Gasteiger charge is -2.32. The zero-order chi connectivity index (χ0) is 27.9. The maximum absolute atomic E-state index is 13.8. The van der Waals surface area contributed by atoms with Gasteiger partial charge in [0.2, 0.25) is 5.91 Å². The van der Waals surface area contributed by atoms with Gasteiger partial charge in [-0.25, -0.2) is 13.5 Å². The first-order valence-electron chi connectivity index (χ1n) is 12.5. The first kappa shape index (κ1) is 28.4. The van der Waals surface area contributed by atoms with E-state index in [0.717, 1.165) is 23.7 Å². The van der Waals surface area contributed by atoms with Crippen molar-refractivity contribution in [2.75, 3.05) is 33.3 Å². The van der Waals surface area contributed by atoms with Gasteiger partial charge in [0.15, 0.2) is 0 Å². The van der Waals surface area contributed by atoms with E-state index in [1.165, 1.54) is 24.6 Å². The van der Waals surface area contributed by atoms with Crippen molar-refractivity contribution in [3.8, 4) is 0 Å². The predicted octanol–water partition coefficient (Wildman–Crippen LogP) is 6.43. The Balaban J connectivity index is 1.31. The fraction of sp³-hybridized carbons (Fsp3) is 0.250. The number of hydrogen-bond acceptors (Lipinski definition) is 5. The molecular formula is C28H29ClFN5O3S. The fourth-order valence-corrected chi connectivity index (χ4v) is 4.70. The van der Waals surface area contributed by atoms with Crippen LogP contribution in [0.5, 0.6) is 0 Å². The Bertz CT molecular complexity index is 1360. The molecule has 3 aromatic rings. The van der Waals surface area contributed by atoms with Crippen LogP contribution in [0.1, 0.15) is 36.5 Å².